The van der Waals surface area contributed by atoms with Gasteiger partial charge in [-0.05, 0) is 57.6 Å². The van der Waals surface area contributed by atoms with Crippen molar-refractivity contribution < 1.29 is 26.3 Å². The largest absolute Gasteiger partial charge is 0.207 e. The number of hydrogen-bond acceptors (Lipinski definition) is 0. The maximum Gasteiger partial charge on any atom is 0.194 e. The second-order valence-corrected chi connectivity index (χ2v) is 7.34. The molecule has 0 aliphatic carbocycles. The van der Waals surface area contributed by atoms with Gasteiger partial charge in [0.05, 0.1) is 0 Å². The van der Waals surface area contributed by atoms with Crippen LogP contribution in [0.4, 0.5) is 26.3 Å². The highest BCUT2D eigenvalue weighted by Gasteiger charge is 2.22. The van der Waals surface area contributed by atoms with E-state index >= 15 is 4.39 Å². The van der Waals surface area contributed by atoms with Crippen LogP contribution in [0.1, 0.15) is 0 Å². The lowest BCUT2D eigenvalue weighted by Crippen LogP contribution is -1.97. The van der Waals surface area contributed by atoms with Gasteiger partial charge in [-0.1, -0.05) is 36.4 Å². The molecule has 0 amide bonds. The van der Waals surface area contributed by atoms with E-state index in [0.29, 0.717) is 16.8 Å². The summed E-state index contributed by atoms with van der Waals surface area (Å²) in [5.74, 6) is -6.75. The highest BCUT2D eigenvalue weighted by atomic mass is 19.2. The first-order chi connectivity index (χ1) is 15.4. The van der Waals surface area contributed by atoms with Crippen LogP contribution in [0.15, 0.2) is 72.8 Å². The van der Waals surface area contributed by atoms with Gasteiger partial charge in [-0.3, -0.25) is 0 Å². The van der Waals surface area contributed by atoms with Crippen LogP contribution in [-0.4, -0.2) is 0 Å². The molecule has 0 nitrogen and oxygen atoms in total. The second kappa shape index (κ2) is 7.41. The summed E-state index contributed by atoms with van der Waals surface area (Å²) in [6, 6.07) is 15.3. The van der Waals surface area contributed by atoms with E-state index in [9.17, 15) is 22.0 Å². The lowest BCUT2D eigenvalue weighted by Gasteiger charge is -2.18. The molecule has 0 aliphatic heterocycles. The van der Waals surface area contributed by atoms with Gasteiger partial charge in [0, 0.05) is 22.6 Å². The van der Waals surface area contributed by atoms with Gasteiger partial charge in [-0.2, -0.15) is 0 Å². The van der Waals surface area contributed by atoms with Crippen molar-refractivity contribution in [2.45, 2.75) is 0 Å². The van der Waals surface area contributed by atoms with Gasteiger partial charge in [-0.15, -0.1) is 0 Å². The number of benzene rings is 5. The molecule has 32 heavy (non-hydrogen) atoms. The van der Waals surface area contributed by atoms with Gasteiger partial charge >= 0.3 is 0 Å². The van der Waals surface area contributed by atoms with Crippen LogP contribution in [0.3, 0.4) is 0 Å². The summed E-state index contributed by atoms with van der Waals surface area (Å²) in [5.41, 5.74) is 0.414. The van der Waals surface area contributed by atoms with Crippen LogP contribution >= 0.6 is 0 Å². The molecule has 5 rings (SSSR count). The molecule has 5 aromatic carbocycles. The van der Waals surface area contributed by atoms with Crippen molar-refractivity contribution in [3.8, 4) is 22.3 Å². The number of halogens is 6. The third-order valence-electron chi connectivity index (χ3n) is 5.47. The molecule has 0 spiro atoms. The molecule has 0 fully saturated rings. The van der Waals surface area contributed by atoms with Gasteiger partial charge in [-0.25, -0.2) is 26.3 Å². The van der Waals surface area contributed by atoms with Crippen LogP contribution in [0, 0.1) is 34.9 Å². The van der Waals surface area contributed by atoms with Crippen molar-refractivity contribution in [1.29, 1.82) is 0 Å². The molecule has 0 bridgehead atoms. The Balaban J connectivity index is 2.02. The van der Waals surface area contributed by atoms with Crippen LogP contribution in [0.5, 0.6) is 0 Å². The average molecular weight is 438 g/mol. The van der Waals surface area contributed by atoms with Crippen molar-refractivity contribution in [2.24, 2.45) is 0 Å². The molecular formula is C26H12F6. The van der Waals surface area contributed by atoms with Crippen molar-refractivity contribution in [1.82, 2.24) is 0 Å². The SMILES string of the molecule is Fc1ccc(-c2c3ccccc3c(-c3cc(F)c(F)c(F)c3)c3cccc(F)c23)c(F)c1. The van der Waals surface area contributed by atoms with E-state index in [1.807, 2.05) is 0 Å². The van der Waals surface area contributed by atoms with E-state index in [0.717, 1.165) is 18.2 Å². The Labute approximate surface area is 178 Å². The standard InChI is InChI=1S/C26H12F6/c27-14-8-9-17(20(29)12-14)24-16-5-2-1-4-15(16)23(18-6-3-7-19(28)25(18)24)13-10-21(30)26(32)22(31)11-13/h1-12H. The third-order valence-corrected chi connectivity index (χ3v) is 5.47. The maximum absolute atomic E-state index is 15.2. The third kappa shape index (κ3) is 3.02. The van der Waals surface area contributed by atoms with Crippen LogP contribution < -0.4 is 0 Å². The second-order valence-electron chi connectivity index (χ2n) is 7.34. The van der Waals surface area contributed by atoms with Crippen molar-refractivity contribution in [3.05, 3.63) is 108 Å². The molecule has 6 heteroatoms. The first kappa shape index (κ1) is 20.1. The lowest BCUT2D eigenvalue weighted by molar-refractivity contribution is 0.448. The molecular weight excluding hydrogens is 426 g/mol. The molecule has 5 aromatic rings. The molecule has 0 radical (unpaired) electrons. The molecule has 0 saturated carbocycles. The molecule has 0 aromatic heterocycles. The summed E-state index contributed by atoms with van der Waals surface area (Å²) in [4.78, 5) is 0. The molecule has 0 N–H and O–H groups in total. The first-order valence-electron chi connectivity index (χ1n) is 9.60. The monoisotopic (exact) mass is 438 g/mol. The predicted molar refractivity (Wildman–Crippen MR) is 112 cm³/mol. The average Bonchev–Trinajstić information content (AvgIpc) is 2.76. The maximum atomic E-state index is 15.2. The fraction of sp³-hybridized carbons (Fsp3) is 0. The highest BCUT2D eigenvalue weighted by molar-refractivity contribution is 6.21. The van der Waals surface area contributed by atoms with Gasteiger partial charge in [0.2, 0.25) is 0 Å². The van der Waals surface area contributed by atoms with E-state index in [1.54, 1.807) is 24.3 Å². The van der Waals surface area contributed by atoms with E-state index in [2.05, 4.69) is 0 Å². The molecule has 0 heterocycles. The zero-order valence-corrected chi connectivity index (χ0v) is 16.2. The highest BCUT2D eigenvalue weighted by Crippen LogP contribution is 2.45. The topological polar surface area (TPSA) is 0 Å². The summed E-state index contributed by atoms with van der Waals surface area (Å²) >= 11 is 0. The van der Waals surface area contributed by atoms with Gasteiger partial charge in [0.25, 0.3) is 0 Å². The summed E-state index contributed by atoms with van der Waals surface area (Å²) in [6.07, 6.45) is 0. The van der Waals surface area contributed by atoms with Crippen LogP contribution in [-0.2, 0) is 0 Å². The predicted octanol–water partition coefficient (Wildman–Crippen LogP) is 8.16. The van der Waals surface area contributed by atoms with E-state index in [1.165, 1.54) is 24.3 Å². The van der Waals surface area contributed by atoms with Crippen molar-refractivity contribution in [2.75, 3.05) is 0 Å². The summed E-state index contributed by atoms with van der Waals surface area (Å²) in [6.45, 7) is 0. The van der Waals surface area contributed by atoms with Crippen molar-refractivity contribution >= 4 is 21.5 Å². The van der Waals surface area contributed by atoms with Crippen molar-refractivity contribution in [3.63, 3.8) is 0 Å². The van der Waals surface area contributed by atoms with Crippen LogP contribution in [0.2, 0.25) is 0 Å². The van der Waals surface area contributed by atoms with Crippen LogP contribution in [0.25, 0.3) is 43.8 Å². The summed E-state index contributed by atoms with van der Waals surface area (Å²) in [5, 5.41) is 1.06. The Kier molecular flexibility index (Phi) is 4.66. The lowest BCUT2D eigenvalue weighted by atomic mass is 9.85. The zero-order valence-electron chi connectivity index (χ0n) is 16.2. The fourth-order valence-electron chi connectivity index (χ4n) is 4.17. The number of hydrogen-bond donors (Lipinski definition) is 0. The van der Waals surface area contributed by atoms with Gasteiger partial charge in [0.1, 0.15) is 17.5 Å². The molecule has 158 valence electrons. The molecule has 0 saturated heterocycles. The van der Waals surface area contributed by atoms with Gasteiger partial charge < -0.3 is 0 Å². The zero-order chi connectivity index (χ0) is 22.6. The Morgan fingerprint density at radius 1 is 0.469 bits per heavy atom. The smallest absolute Gasteiger partial charge is 0.194 e. The fourth-order valence-corrected chi connectivity index (χ4v) is 4.17. The Hall–Kier alpha value is -3.80. The first-order valence-corrected chi connectivity index (χ1v) is 9.60. The van der Waals surface area contributed by atoms with Gasteiger partial charge in [0.15, 0.2) is 17.5 Å². The minimum absolute atomic E-state index is 0.000622. The molecule has 0 unspecified atom stereocenters. The number of rotatable bonds is 2. The molecule has 0 atom stereocenters. The molecule has 0 aliphatic rings. The Morgan fingerprint density at radius 2 is 1.09 bits per heavy atom. The minimum atomic E-state index is -1.61. The Morgan fingerprint density at radius 3 is 1.75 bits per heavy atom. The minimum Gasteiger partial charge on any atom is -0.207 e. The quantitative estimate of drug-likeness (QED) is 0.148. The number of fused-ring (bicyclic) bond motifs is 2. The van der Waals surface area contributed by atoms with E-state index < -0.39 is 34.9 Å². The summed E-state index contributed by atoms with van der Waals surface area (Å²) in [7, 11) is 0. The van der Waals surface area contributed by atoms with E-state index in [4.69, 9.17) is 0 Å². The normalized spacial score (nSPS) is 11.4. The summed E-state index contributed by atoms with van der Waals surface area (Å²) < 4.78 is 85.3. The Bertz CT molecular complexity index is 1510. The van der Waals surface area contributed by atoms with E-state index in [-0.39, 0.29) is 33.0 Å².